The first-order valence-corrected chi connectivity index (χ1v) is 5.61. The Morgan fingerprint density at radius 3 is 2.87 bits per heavy atom. The normalized spacial score (nSPS) is 23.0. The largest absolute Gasteiger partial charge is 0.383 e. The predicted molar refractivity (Wildman–Crippen MR) is 60.4 cm³/mol. The fourth-order valence-corrected chi connectivity index (χ4v) is 2.13. The fourth-order valence-electron chi connectivity index (χ4n) is 1.90. The van der Waals surface area contributed by atoms with Crippen molar-refractivity contribution >= 4 is 12.2 Å². The molecule has 0 saturated heterocycles. The molecule has 1 unspecified atom stereocenters. The highest BCUT2D eigenvalue weighted by molar-refractivity contribution is 7.71. The molecule has 1 N–H and O–H groups in total. The zero-order chi connectivity index (χ0) is 11.1. The van der Waals surface area contributed by atoms with Crippen LogP contribution in [0.2, 0.25) is 0 Å². The summed E-state index contributed by atoms with van der Waals surface area (Å²) in [5.74, 6) is 1.63. The summed E-state index contributed by atoms with van der Waals surface area (Å²) in [6, 6.07) is 0. The van der Waals surface area contributed by atoms with Crippen LogP contribution in [0.3, 0.4) is 0 Å². The van der Waals surface area contributed by atoms with Crippen molar-refractivity contribution in [1.82, 2.24) is 14.8 Å². The Balaban J connectivity index is 2.21. The summed E-state index contributed by atoms with van der Waals surface area (Å²) in [6.45, 7) is 5.98. The molecule has 0 aromatic carbocycles. The zero-order valence-corrected chi connectivity index (χ0v) is 10.2. The summed E-state index contributed by atoms with van der Waals surface area (Å²) in [4.78, 5) is 0. The average Bonchev–Trinajstić information content (AvgIpc) is 2.65. The third kappa shape index (κ3) is 1.99. The summed E-state index contributed by atoms with van der Waals surface area (Å²) in [5, 5.41) is 7.18. The van der Waals surface area contributed by atoms with E-state index in [0.29, 0.717) is 22.7 Å². The highest BCUT2D eigenvalue weighted by Crippen LogP contribution is 2.57. The molecule has 0 aliphatic heterocycles. The number of nitrogens with one attached hydrogen (secondary N) is 1. The molecule has 1 fully saturated rings. The summed E-state index contributed by atoms with van der Waals surface area (Å²) in [6.07, 6.45) is 1.19. The lowest BCUT2D eigenvalue weighted by Crippen LogP contribution is -2.09. The van der Waals surface area contributed by atoms with E-state index in [2.05, 4.69) is 28.6 Å². The van der Waals surface area contributed by atoms with Crippen LogP contribution in [0.4, 0.5) is 0 Å². The van der Waals surface area contributed by atoms with Crippen LogP contribution in [0.5, 0.6) is 0 Å². The van der Waals surface area contributed by atoms with Crippen molar-refractivity contribution in [2.45, 2.75) is 32.7 Å². The van der Waals surface area contributed by atoms with Crippen LogP contribution in [0.1, 0.15) is 32.0 Å². The lowest BCUT2D eigenvalue weighted by molar-refractivity contribution is 0.185. The zero-order valence-electron chi connectivity index (χ0n) is 9.41. The van der Waals surface area contributed by atoms with Crippen molar-refractivity contribution in [2.75, 3.05) is 13.7 Å². The van der Waals surface area contributed by atoms with Gasteiger partial charge in [0.15, 0.2) is 4.77 Å². The van der Waals surface area contributed by atoms with E-state index in [9.17, 15) is 0 Å². The SMILES string of the molecule is COCCn1c(C2CC2(C)C)n[nH]c1=S. The quantitative estimate of drug-likeness (QED) is 0.801. The second-order valence-electron chi connectivity index (χ2n) is 4.78. The van der Waals surface area contributed by atoms with Crippen LogP contribution in [-0.4, -0.2) is 28.5 Å². The van der Waals surface area contributed by atoms with Gasteiger partial charge < -0.3 is 9.30 Å². The molecule has 1 saturated carbocycles. The van der Waals surface area contributed by atoms with Crippen molar-refractivity contribution in [1.29, 1.82) is 0 Å². The number of ether oxygens (including phenoxy) is 1. The monoisotopic (exact) mass is 227 g/mol. The maximum absolute atomic E-state index is 5.20. The minimum atomic E-state index is 0.381. The van der Waals surface area contributed by atoms with E-state index in [1.54, 1.807) is 7.11 Å². The van der Waals surface area contributed by atoms with E-state index in [-0.39, 0.29) is 0 Å². The number of aromatic nitrogens is 3. The van der Waals surface area contributed by atoms with E-state index in [0.717, 1.165) is 12.4 Å². The first-order valence-electron chi connectivity index (χ1n) is 5.20. The van der Waals surface area contributed by atoms with Crippen molar-refractivity contribution < 1.29 is 4.74 Å². The molecular formula is C10H17N3OS. The first kappa shape index (κ1) is 10.8. The molecule has 1 atom stereocenters. The highest BCUT2D eigenvalue weighted by atomic mass is 32.1. The van der Waals surface area contributed by atoms with Gasteiger partial charge in [0.1, 0.15) is 5.82 Å². The standard InChI is InChI=1S/C10H17N3OS/c1-10(2)6-7(10)8-11-12-9(15)13(8)4-5-14-3/h7H,4-6H2,1-3H3,(H,12,15). The van der Waals surface area contributed by atoms with Gasteiger partial charge in [0.05, 0.1) is 6.61 Å². The Bertz CT molecular complexity index is 407. The number of aromatic amines is 1. The van der Waals surface area contributed by atoms with Gasteiger partial charge in [-0.3, -0.25) is 5.10 Å². The van der Waals surface area contributed by atoms with Gasteiger partial charge in [-0.15, -0.1) is 0 Å². The summed E-state index contributed by atoms with van der Waals surface area (Å²) < 4.78 is 7.82. The molecule has 1 aliphatic rings. The van der Waals surface area contributed by atoms with Crippen LogP contribution in [0, 0.1) is 10.2 Å². The third-order valence-corrected chi connectivity index (χ3v) is 3.44. The molecule has 1 heterocycles. The van der Waals surface area contributed by atoms with E-state index >= 15 is 0 Å². The Labute approximate surface area is 94.6 Å². The minimum Gasteiger partial charge on any atom is -0.383 e. The third-order valence-electron chi connectivity index (χ3n) is 3.13. The molecule has 4 nitrogen and oxygen atoms in total. The first-order chi connectivity index (χ1) is 7.06. The van der Waals surface area contributed by atoms with Gasteiger partial charge in [0.25, 0.3) is 0 Å². The Hall–Kier alpha value is -0.680. The Kier molecular flexibility index (Phi) is 2.68. The number of methoxy groups -OCH3 is 1. The molecule has 15 heavy (non-hydrogen) atoms. The highest BCUT2D eigenvalue weighted by Gasteiger charge is 2.49. The Morgan fingerprint density at radius 2 is 2.33 bits per heavy atom. The molecule has 0 bridgehead atoms. The summed E-state index contributed by atoms with van der Waals surface area (Å²) >= 11 is 5.20. The number of hydrogen-bond donors (Lipinski definition) is 1. The fraction of sp³-hybridized carbons (Fsp3) is 0.800. The minimum absolute atomic E-state index is 0.381. The van der Waals surface area contributed by atoms with Gasteiger partial charge >= 0.3 is 0 Å². The molecule has 84 valence electrons. The lowest BCUT2D eigenvalue weighted by atomic mass is 10.1. The molecule has 2 rings (SSSR count). The molecule has 5 heteroatoms. The van der Waals surface area contributed by atoms with Gasteiger partial charge in [0.2, 0.25) is 0 Å². The molecule has 1 aliphatic carbocycles. The van der Waals surface area contributed by atoms with Crippen molar-refractivity contribution in [3.8, 4) is 0 Å². The van der Waals surface area contributed by atoms with Crippen LogP contribution < -0.4 is 0 Å². The Morgan fingerprint density at radius 1 is 1.67 bits per heavy atom. The smallest absolute Gasteiger partial charge is 0.195 e. The molecule has 1 aromatic heterocycles. The van der Waals surface area contributed by atoms with Crippen molar-refractivity contribution in [3.63, 3.8) is 0 Å². The molecule has 0 radical (unpaired) electrons. The van der Waals surface area contributed by atoms with Gasteiger partial charge in [-0.05, 0) is 24.1 Å². The lowest BCUT2D eigenvalue weighted by Gasteiger charge is -2.06. The van der Waals surface area contributed by atoms with Crippen LogP contribution >= 0.6 is 12.2 Å². The topological polar surface area (TPSA) is 42.8 Å². The average molecular weight is 227 g/mol. The van der Waals surface area contributed by atoms with Gasteiger partial charge in [-0.2, -0.15) is 5.10 Å². The molecule has 0 amide bonds. The molecule has 1 aromatic rings. The molecule has 0 spiro atoms. The van der Waals surface area contributed by atoms with E-state index in [1.807, 2.05) is 0 Å². The van der Waals surface area contributed by atoms with Crippen LogP contribution in [-0.2, 0) is 11.3 Å². The van der Waals surface area contributed by atoms with Crippen molar-refractivity contribution in [3.05, 3.63) is 10.6 Å². The van der Waals surface area contributed by atoms with Crippen LogP contribution in [0.25, 0.3) is 0 Å². The van der Waals surface area contributed by atoms with E-state index in [4.69, 9.17) is 17.0 Å². The maximum atomic E-state index is 5.20. The van der Waals surface area contributed by atoms with Gasteiger partial charge in [-0.25, -0.2) is 0 Å². The second kappa shape index (κ2) is 3.72. The van der Waals surface area contributed by atoms with E-state index < -0.39 is 0 Å². The van der Waals surface area contributed by atoms with Gasteiger partial charge in [-0.1, -0.05) is 13.8 Å². The second-order valence-corrected chi connectivity index (χ2v) is 5.16. The maximum Gasteiger partial charge on any atom is 0.195 e. The summed E-state index contributed by atoms with van der Waals surface area (Å²) in [7, 11) is 1.70. The number of rotatable bonds is 4. The number of hydrogen-bond acceptors (Lipinski definition) is 3. The van der Waals surface area contributed by atoms with E-state index in [1.165, 1.54) is 6.42 Å². The summed E-state index contributed by atoms with van der Waals surface area (Å²) in [5.41, 5.74) is 0.381. The van der Waals surface area contributed by atoms with Gasteiger partial charge in [0, 0.05) is 19.6 Å². The molecular weight excluding hydrogens is 210 g/mol. The number of nitrogens with zero attached hydrogens (tertiary/aromatic N) is 2. The van der Waals surface area contributed by atoms with Crippen molar-refractivity contribution in [2.24, 2.45) is 5.41 Å². The predicted octanol–water partition coefficient (Wildman–Crippen LogP) is 2.10. The number of H-pyrrole nitrogens is 1. The van der Waals surface area contributed by atoms with Crippen LogP contribution in [0.15, 0.2) is 0 Å².